The molecule has 2 aromatic carbocycles. The number of halogens is 1. The second-order valence-electron chi connectivity index (χ2n) is 11.4. The van der Waals surface area contributed by atoms with Gasteiger partial charge in [-0.1, -0.05) is 0 Å². The van der Waals surface area contributed by atoms with Crippen molar-refractivity contribution in [3.8, 4) is 5.75 Å². The van der Waals surface area contributed by atoms with Crippen molar-refractivity contribution in [3.63, 3.8) is 0 Å². The molecule has 0 radical (unpaired) electrons. The van der Waals surface area contributed by atoms with Crippen LogP contribution in [0.2, 0.25) is 0 Å². The molecule has 40 heavy (non-hydrogen) atoms. The van der Waals surface area contributed by atoms with E-state index in [0.29, 0.717) is 50.2 Å². The van der Waals surface area contributed by atoms with Gasteiger partial charge in [-0.05, 0) is 79.5 Å². The van der Waals surface area contributed by atoms with Crippen LogP contribution in [0.25, 0.3) is 0 Å². The van der Waals surface area contributed by atoms with E-state index in [1.165, 1.54) is 12.1 Å². The number of anilines is 1. The number of hydrogen-bond donors (Lipinski definition) is 2. The highest BCUT2D eigenvalue weighted by molar-refractivity contribution is 7.73. The van der Waals surface area contributed by atoms with E-state index < -0.39 is 22.6 Å². The lowest BCUT2D eigenvalue weighted by atomic mass is 10.0. The summed E-state index contributed by atoms with van der Waals surface area (Å²) in [5, 5.41) is 0. The maximum atomic E-state index is 14.6. The number of likely N-dealkylation sites (tertiary alicyclic amines) is 2. The Kier molecular flexibility index (Phi) is 7.67. The Bertz CT molecular complexity index is 1350. The lowest BCUT2D eigenvalue weighted by molar-refractivity contribution is 0.0497. The number of thiol groups is 1. The van der Waals surface area contributed by atoms with E-state index in [2.05, 4.69) is 10.8 Å². The Morgan fingerprint density at radius 1 is 0.925 bits per heavy atom. The van der Waals surface area contributed by atoms with Crippen molar-refractivity contribution in [2.24, 2.45) is 17.8 Å². The number of fused-ring (bicyclic) bond motifs is 1. The Labute approximate surface area is 234 Å². The van der Waals surface area contributed by atoms with Crippen LogP contribution < -0.4 is 9.46 Å². The molecule has 0 bridgehead atoms. The number of nitrogens with one attached hydrogen (secondary N) is 1. The molecule has 1 N–H and O–H groups in total. The van der Waals surface area contributed by atoms with Gasteiger partial charge in [0.15, 0.2) is 0 Å². The molecule has 0 aromatic heterocycles. The molecular weight excluding hydrogens is 537 g/mol. The smallest absolute Gasteiger partial charge is 0.256 e. The van der Waals surface area contributed by atoms with Gasteiger partial charge in [-0.25, -0.2) is 12.8 Å². The Hall–Kier alpha value is -3.18. The molecule has 1 unspecified atom stereocenters. The summed E-state index contributed by atoms with van der Waals surface area (Å²) in [6.07, 6.45) is 4.24. The van der Waals surface area contributed by atoms with E-state index >= 15 is 0 Å². The normalized spacial score (nSPS) is 22.9. The molecule has 1 aliphatic carbocycles. The molecule has 3 saturated heterocycles. The summed E-state index contributed by atoms with van der Waals surface area (Å²) in [6, 6.07) is 9.64. The highest BCUT2D eigenvalue weighted by Gasteiger charge is 2.43. The maximum Gasteiger partial charge on any atom is 0.256 e. The minimum atomic E-state index is -2.92. The van der Waals surface area contributed by atoms with Gasteiger partial charge in [0.2, 0.25) is 10.9 Å². The number of amides is 2. The summed E-state index contributed by atoms with van der Waals surface area (Å²) < 4.78 is 50.0. The van der Waals surface area contributed by atoms with Gasteiger partial charge in [0.1, 0.15) is 11.6 Å². The SMILES string of the molecule is O=C(c1cc(OCC2CCOCC2)cc(C2CC2)c1)N1CC2CN(C(=O)c3ccc(N[SH](=O)=O)cc3F)C[C@H]2C1. The lowest BCUT2D eigenvalue weighted by Crippen LogP contribution is -2.36. The van der Waals surface area contributed by atoms with Crippen molar-refractivity contribution < 1.29 is 31.9 Å². The molecule has 214 valence electrons. The molecule has 2 atom stereocenters. The van der Waals surface area contributed by atoms with E-state index in [0.717, 1.165) is 56.3 Å². The molecule has 4 fully saturated rings. The van der Waals surface area contributed by atoms with Crippen LogP contribution in [-0.2, 0) is 15.6 Å². The number of benzene rings is 2. The summed E-state index contributed by atoms with van der Waals surface area (Å²) in [5.74, 6) is 0.737. The molecule has 3 heterocycles. The Balaban J connectivity index is 1.09. The molecule has 3 aliphatic heterocycles. The van der Waals surface area contributed by atoms with Crippen molar-refractivity contribution in [3.05, 3.63) is 58.9 Å². The first-order chi connectivity index (χ1) is 19.3. The highest BCUT2D eigenvalue weighted by atomic mass is 32.2. The Morgan fingerprint density at radius 3 is 2.23 bits per heavy atom. The van der Waals surface area contributed by atoms with Crippen molar-refractivity contribution >= 4 is 28.4 Å². The third-order valence-electron chi connectivity index (χ3n) is 8.53. The van der Waals surface area contributed by atoms with Gasteiger partial charge in [-0.2, -0.15) is 0 Å². The van der Waals surface area contributed by atoms with Crippen LogP contribution >= 0.6 is 0 Å². The van der Waals surface area contributed by atoms with Gasteiger partial charge in [0.05, 0.1) is 17.9 Å². The average Bonchev–Trinajstić information content (AvgIpc) is 3.61. The van der Waals surface area contributed by atoms with E-state index in [-0.39, 0.29) is 29.0 Å². The fourth-order valence-electron chi connectivity index (χ4n) is 6.15. The highest BCUT2D eigenvalue weighted by Crippen LogP contribution is 2.42. The van der Waals surface area contributed by atoms with E-state index in [1.54, 1.807) is 4.90 Å². The lowest BCUT2D eigenvalue weighted by Gasteiger charge is -2.24. The van der Waals surface area contributed by atoms with Crippen molar-refractivity contribution in [2.45, 2.75) is 31.6 Å². The summed E-state index contributed by atoms with van der Waals surface area (Å²) in [5.41, 5.74) is 1.79. The third kappa shape index (κ3) is 5.95. The molecule has 0 spiro atoms. The van der Waals surface area contributed by atoms with Crippen LogP contribution in [-0.4, -0.2) is 76.0 Å². The molecule has 2 amide bonds. The van der Waals surface area contributed by atoms with Gasteiger partial charge in [0, 0.05) is 56.8 Å². The molecule has 11 heteroatoms. The van der Waals surface area contributed by atoms with Crippen LogP contribution in [0, 0.1) is 23.6 Å². The average molecular weight is 572 g/mol. The monoisotopic (exact) mass is 571 g/mol. The number of carbonyl (C=O) groups is 2. The molecule has 2 aromatic rings. The van der Waals surface area contributed by atoms with Gasteiger partial charge in [-0.15, -0.1) is 0 Å². The van der Waals surface area contributed by atoms with Crippen molar-refractivity contribution in [1.82, 2.24) is 9.80 Å². The number of carbonyl (C=O) groups excluding carboxylic acids is 2. The summed E-state index contributed by atoms with van der Waals surface area (Å²) in [7, 11) is -2.92. The second-order valence-corrected chi connectivity index (χ2v) is 12.2. The number of hydrogen-bond acceptors (Lipinski definition) is 6. The summed E-state index contributed by atoms with van der Waals surface area (Å²) >= 11 is 0. The van der Waals surface area contributed by atoms with Crippen molar-refractivity contribution in [2.75, 3.05) is 50.7 Å². The van der Waals surface area contributed by atoms with Crippen LogP contribution in [0.4, 0.5) is 10.1 Å². The minimum absolute atomic E-state index is 0.0171. The fraction of sp³-hybridized carbons (Fsp3) is 0.517. The van der Waals surface area contributed by atoms with Crippen LogP contribution in [0.5, 0.6) is 5.75 Å². The van der Waals surface area contributed by atoms with Gasteiger partial charge in [-0.3, -0.25) is 14.3 Å². The zero-order valence-electron chi connectivity index (χ0n) is 22.2. The van der Waals surface area contributed by atoms with Crippen LogP contribution in [0.3, 0.4) is 0 Å². The first-order valence-corrected chi connectivity index (χ1v) is 15.2. The second kappa shape index (κ2) is 11.4. The van der Waals surface area contributed by atoms with Crippen LogP contribution in [0.1, 0.15) is 57.9 Å². The summed E-state index contributed by atoms with van der Waals surface area (Å²) in [4.78, 5) is 30.1. The number of nitrogens with zero attached hydrogens (tertiary/aromatic N) is 2. The maximum absolute atomic E-state index is 14.6. The quantitative estimate of drug-likeness (QED) is 0.472. The summed E-state index contributed by atoms with van der Waals surface area (Å²) in [6.45, 7) is 4.14. The topological polar surface area (TPSA) is 105 Å². The standard InChI is InChI=1S/C29H34FN3O6S/c30-27-12-24(31-40(36)37)3-4-26(27)29(35)33-15-22-13-32(14-23(22)16-33)28(34)21-9-20(19-1-2-19)10-25(11-21)39-17-18-5-7-38-8-6-18/h3-4,9-12,18-19,22-23,40H,1-2,5-8,13-17H2,(H,31,36,37)/t22-,23?/m1/s1. The van der Waals surface area contributed by atoms with Gasteiger partial charge in [0.25, 0.3) is 11.8 Å². The predicted molar refractivity (Wildman–Crippen MR) is 147 cm³/mol. The number of rotatable bonds is 8. The molecule has 4 aliphatic rings. The fourth-order valence-corrected chi connectivity index (χ4v) is 6.50. The molecular formula is C29H34FN3O6S. The van der Waals surface area contributed by atoms with Gasteiger partial charge >= 0.3 is 0 Å². The first-order valence-electron chi connectivity index (χ1n) is 14.0. The third-order valence-corrected chi connectivity index (χ3v) is 8.97. The van der Waals surface area contributed by atoms with Gasteiger partial charge < -0.3 is 19.3 Å². The van der Waals surface area contributed by atoms with E-state index in [4.69, 9.17) is 9.47 Å². The zero-order valence-corrected chi connectivity index (χ0v) is 23.1. The Morgan fingerprint density at radius 2 is 1.60 bits per heavy atom. The molecule has 6 rings (SSSR count). The zero-order chi connectivity index (χ0) is 27.8. The van der Waals surface area contributed by atoms with Crippen LogP contribution in [0.15, 0.2) is 36.4 Å². The predicted octanol–water partition coefficient (Wildman–Crippen LogP) is 3.29. The van der Waals surface area contributed by atoms with Crippen molar-refractivity contribution in [1.29, 1.82) is 0 Å². The largest absolute Gasteiger partial charge is 0.493 e. The molecule has 1 saturated carbocycles. The first kappa shape index (κ1) is 27.0. The van der Waals surface area contributed by atoms with E-state index in [1.807, 2.05) is 17.0 Å². The molecule has 9 nitrogen and oxygen atoms in total. The van der Waals surface area contributed by atoms with E-state index in [9.17, 15) is 22.4 Å². The number of ether oxygens (including phenoxy) is 2. The minimum Gasteiger partial charge on any atom is -0.493 e.